The molecule has 3 aromatic rings. The highest BCUT2D eigenvalue weighted by Crippen LogP contribution is 2.46. The van der Waals surface area contributed by atoms with Crippen molar-refractivity contribution in [1.29, 1.82) is 0 Å². The van der Waals surface area contributed by atoms with Crippen LogP contribution in [0.25, 0.3) is 11.3 Å². The lowest BCUT2D eigenvalue weighted by Gasteiger charge is -2.42. The van der Waals surface area contributed by atoms with E-state index in [-0.39, 0.29) is 22.2 Å². The van der Waals surface area contributed by atoms with E-state index >= 15 is 0 Å². The summed E-state index contributed by atoms with van der Waals surface area (Å²) < 4.78 is 36.8. The van der Waals surface area contributed by atoms with Crippen molar-refractivity contribution in [2.75, 3.05) is 24.4 Å². The molecule has 2 aliphatic heterocycles. The monoisotopic (exact) mass is 576 g/mol. The summed E-state index contributed by atoms with van der Waals surface area (Å²) in [4.78, 5) is 12.0. The van der Waals surface area contributed by atoms with Crippen molar-refractivity contribution in [2.24, 2.45) is 11.8 Å². The lowest BCUT2D eigenvalue weighted by atomic mass is 9.63. The number of rotatable bonds is 4. The van der Waals surface area contributed by atoms with Crippen LogP contribution in [0.1, 0.15) is 70.1 Å². The quantitative estimate of drug-likeness (QED) is 0.370. The fourth-order valence-corrected chi connectivity index (χ4v) is 7.87. The summed E-state index contributed by atoms with van der Waals surface area (Å²) in [5.41, 5.74) is 4.59. The van der Waals surface area contributed by atoms with Crippen molar-refractivity contribution < 1.29 is 13.2 Å². The highest BCUT2D eigenvalue weighted by Gasteiger charge is 2.43. The Morgan fingerprint density at radius 3 is 2.44 bits per heavy atom. The number of anilines is 1. The number of hydrogen-bond donors (Lipinski definition) is 1. The van der Waals surface area contributed by atoms with Gasteiger partial charge in [-0.3, -0.25) is 0 Å². The van der Waals surface area contributed by atoms with Crippen LogP contribution in [0.3, 0.4) is 0 Å². The first kappa shape index (κ1) is 29.5. The fourth-order valence-electron chi connectivity index (χ4n) is 6.88. The molecule has 0 aliphatic carbocycles. The first-order chi connectivity index (χ1) is 19.5. The minimum absolute atomic E-state index is 0.0169. The Hall–Kier alpha value is -2.97. The normalized spacial score (nSPS) is 22.9. The molecule has 0 amide bonds. The van der Waals surface area contributed by atoms with Gasteiger partial charge in [-0.1, -0.05) is 44.2 Å². The highest BCUT2D eigenvalue weighted by atomic mass is 32.2. The topological polar surface area (TPSA) is 84.4 Å². The molecule has 2 aromatic carbocycles. The second kappa shape index (κ2) is 11.7. The molecule has 7 nitrogen and oxygen atoms in total. The maximum Gasteiger partial charge on any atom is 0.264 e. The van der Waals surface area contributed by atoms with Crippen molar-refractivity contribution in [2.45, 2.75) is 83.6 Å². The van der Waals surface area contributed by atoms with Crippen LogP contribution in [-0.2, 0) is 15.4 Å². The molecule has 1 spiro atoms. The van der Waals surface area contributed by atoms with Crippen LogP contribution in [0.4, 0.5) is 5.95 Å². The predicted octanol–water partition coefficient (Wildman–Crippen LogP) is 6.75. The third-order valence-electron chi connectivity index (χ3n) is 9.00. The molecule has 4 bridgehead atoms. The molecule has 41 heavy (non-hydrogen) atoms. The first-order valence-electron chi connectivity index (χ1n) is 14.9. The smallest absolute Gasteiger partial charge is 0.264 e. The van der Waals surface area contributed by atoms with E-state index in [1.807, 2.05) is 50.2 Å². The van der Waals surface area contributed by atoms with Gasteiger partial charge >= 0.3 is 0 Å². The highest BCUT2D eigenvalue weighted by molar-refractivity contribution is 7.92. The molecular weight excluding hydrogens is 532 g/mol. The van der Waals surface area contributed by atoms with Gasteiger partial charge in [0.2, 0.25) is 11.8 Å². The number of fused-ring (bicyclic) bond motifs is 5. The zero-order chi connectivity index (χ0) is 29.4. The van der Waals surface area contributed by atoms with Gasteiger partial charge in [-0.15, -0.1) is 0 Å². The van der Waals surface area contributed by atoms with E-state index in [1.54, 1.807) is 6.07 Å². The lowest BCUT2D eigenvalue weighted by molar-refractivity contribution is 0.121. The third-order valence-corrected chi connectivity index (χ3v) is 10.3. The number of hydrogen-bond acceptors (Lipinski definition) is 6. The summed E-state index contributed by atoms with van der Waals surface area (Å²) in [6.07, 6.45) is 3.96. The first-order valence-corrected chi connectivity index (χ1v) is 16.4. The summed E-state index contributed by atoms with van der Waals surface area (Å²) in [5.74, 6) is 1.05. The molecule has 3 heterocycles. The summed E-state index contributed by atoms with van der Waals surface area (Å²) in [5, 5.41) is 0. The number of aromatic nitrogens is 2. The number of nitrogens with one attached hydrogen (secondary N) is 1. The summed E-state index contributed by atoms with van der Waals surface area (Å²) in [6, 6.07) is 16.0. The van der Waals surface area contributed by atoms with E-state index in [1.165, 1.54) is 0 Å². The van der Waals surface area contributed by atoms with Gasteiger partial charge in [0, 0.05) is 29.0 Å². The van der Waals surface area contributed by atoms with E-state index in [4.69, 9.17) is 4.74 Å². The largest absolute Gasteiger partial charge is 0.477 e. The minimum atomic E-state index is -3.94. The van der Waals surface area contributed by atoms with Crippen molar-refractivity contribution in [1.82, 2.24) is 14.9 Å². The molecule has 2 atom stereocenters. The van der Waals surface area contributed by atoms with E-state index in [0.29, 0.717) is 30.1 Å². The van der Waals surface area contributed by atoms with Gasteiger partial charge in [0.1, 0.15) is 0 Å². The summed E-state index contributed by atoms with van der Waals surface area (Å²) in [7, 11) is -3.94. The van der Waals surface area contributed by atoms with Crippen LogP contribution >= 0.6 is 0 Å². The van der Waals surface area contributed by atoms with Crippen molar-refractivity contribution in [3.8, 4) is 17.1 Å². The SMILES string of the molecule is Cc1cccc(C)c1-c1cc2nc(n1)NS(=O)(=O)c1cccc(c1)C1(CCCN(C(C)C)CC1)[C@H](CC(C)C)CO2. The van der Waals surface area contributed by atoms with Crippen LogP contribution in [-0.4, -0.2) is 49.0 Å². The van der Waals surface area contributed by atoms with E-state index < -0.39 is 10.0 Å². The third kappa shape index (κ3) is 6.14. The average molecular weight is 577 g/mol. The summed E-state index contributed by atoms with van der Waals surface area (Å²) in [6.45, 7) is 15.6. The molecule has 220 valence electrons. The van der Waals surface area contributed by atoms with Gasteiger partial charge in [-0.2, -0.15) is 4.98 Å². The number of nitrogens with zero attached hydrogens (tertiary/aromatic N) is 3. The van der Waals surface area contributed by atoms with Crippen molar-refractivity contribution in [3.05, 3.63) is 65.2 Å². The fraction of sp³-hybridized carbons (Fsp3) is 0.515. The molecule has 1 N–H and O–H groups in total. The molecule has 1 fully saturated rings. The number of benzene rings is 2. The number of ether oxygens (including phenoxy) is 1. The Labute approximate surface area is 245 Å². The summed E-state index contributed by atoms with van der Waals surface area (Å²) >= 11 is 0. The molecule has 0 saturated carbocycles. The molecule has 0 radical (unpaired) electrons. The van der Waals surface area contributed by atoms with E-state index in [9.17, 15) is 8.42 Å². The van der Waals surface area contributed by atoms with Gasteiger partial charge in [0.15, 0.2) is 0 Å². The lowest BCUT2D eigenvalue weighted by Crippen LogP contribution is -2.41. The van der Waals surface area contributed by atoms with E-state index in [2.05, 4.69) is 53.4 Å². The Balaban J connectivity index is 1.68. The Bertz CT molecular complexity index is 1480. The van der Waals surface area contributed by atoms with E-state index in [0.717, 1.165) is 61.0 Å². The maximum atomic E-state index is 13.8. The molecule has 8 heteroatoms. The number of aryl methyl sites for hydroxylation is 2. The molecule has 1 saturated heterocycles. The zero-order valence-corrected chi connectivity index (χ0v) is 26.1. The molecule has 1 aromatic heterocycles. The van der Waals surface area contributed by atoms with Crippen LogP contribution in [0.2, 0.25) is 0 Å². The Morgan fingerprint density at radius 2 is 1.73 bits per heavy atom. The van der Waals surface area contributed by atoms with Gasteiger partial charge < -0.3 is 9.64 Å². The zero-order valence-electron chi connectivity index (χ0n) is 25.3. The number of sulfonamides is 1. The minimum Gasteiger partial charge on any atom is -0.477 e. The van der Waals surface area contributed by atoms with Gasteiger partial charge in [0.05, 0.1) is 17.2 Å². The van der Waals surface area contributed by atoms with Gasteiger partial charge in [-0.25, -0.2) is 18.1 Å². The Morgan fingerprint density at radius 1 is 1.00 bits per heavy atom. The number of likely N-dealkylation sites (tertiary alicyclic amines) is 1. The standard InChI is InChI=1S/C33H44N4O3S/c1-22(2)18-27-21-40-30-20-29(31-24(5)10-7-11-25(31)6)34-32(35-30)36-41(38,39)28-13-8-12-26(19-28)33(27)14-9-16-37(17-15-33)23(3)4/h7-8,10-13,19-20,22-23,27H,9,14-18,21H2,1-6H3,(H,34,35,36)/t27-,33?/m1/s1. The van der Waals surface area contributed by atoms with Gasteiger partial charge in [0.25, 0.3) is 10.0 Å². The molecule has 1 unspecified atom stereocenters. The maximum absolute atomic E-state index is 13.8. The second-order valence-corrected chi connectivity index (χ2v) is 14.3. The van der Waals surface area contributed by atoms with Crippen LogP contribution in [0.5, 0.6) is 5.88 Å². The van der Waals surface area contributed by atoms with Crippen LogP contribution in [0.15, 0.2) is 53.4 Å². The predicted molar refractivity (Wildman–Crippen MR) is 165 cm³/mol. The van der Waals surface area contributed by atoms with Crippen LogP contribution < -0.4 is 9.46 Å². The molecule has 2 aliphatic rings. The Kier molecular flexibility index (Phi) is 8.44. The molecular formula is C33H44N4O3S. The van der Waals surface area contributed by atoms with Gasteiger partial charge in [-0.05, 0) is 101 Å². The van der Waals surface area contributed by atoms with Crippen LogP contribution in [0, 0.1) is 25.7 Å². The van der Waals surface area contributed by atoms with Crippen molar-refractivity contribution in [3.63, 3.8) is 0 Å². The van der Waals surface area contributed by atoms with Crippen molar-refractivity contribution >= 4 is 16.0 Å². The second-order valence-electron chi connectivity index (χ2n) is 12.6. The average Bonchev–Trinajstić information content (AvgIpc) is 3.14. The molecule has 5 rings (SSSR count).